The Hall–Kier alpha value is -1.56. The number of nitrogens with two attached hydrogens (primary N) is 1. The standard InChI is InChI=1S/C12H22N4O2/c1-3-4-9(5-6-17)7-14-12(18)11-10(13)8-15-16(11)2/h8-9,17H,3-7,13H2,1-2H3,(H,14,18). The summed E-state index contributed by atoms with van der Waals surface area (Å²) in [4.78, 5) is 11.9. The van der Waals surface area contributed by atoms with E-state index in [9.17, 15) is 4.79 Å². The fraction of sp³-hybridized carbons (Fsp3) is 0.667. The number of hydrogen-bond donors (Lipinski definition) is 3. The lowest BCUT2D eigenvalue weighted by molar-refractivity contribution is 0.0934. The minimum absolute atomic E-state index is 0.147. The van der Waals surface area contributed by atoms with Crippen LogP contribution in [0.4, 0.5) is 5.69 Å². The van der Waals surface area contributed by atoms with Crippen LogP contribution >= 0.6 is 0 Å². The van der Waals surface area contributed by atoms with Crippen molar-refractivity contribution < 1.29 is 9.90 Å². The first-order valence-electron chi connectivity index (χ1n) is 6.26. The molecule has 1 aromatic heterocycles. The molecule has 1 rings (SSSR count). The Kier molecular flexibility index (Phi) is 5.64. The van der Waals surface area contributed by atoms with Crippen LogP contribution in [0.2, 0.25) is 0 Å². The van der Waals surface area contributed by atoms with E-state index in [1.54, 1.807) is 7.05 Å². The maximum atomic E-state index is 11.9. The molecule has 4 N–H and O–H groups in total. The predicted molar refractivity (Wildman–Crippen MR) is 70.1 cm³/mol. The van der Waals surface area contributed by atoms with Gasteiger partial charge in [-0.05, 0) is 18.8 Å². The van der Waals surface area contributed by atoms with Crippen LogP contribution in [0.25, 0.3) is 0 Å². The molecular formula is C12H22N4O2. The highest BCUT2D eigenvalue weighted by atomic mass is 16.3. The molecule has 6 heteroatoms. The van der Waals surface area contributed by atoms with Gasteiger partial charge in [-0.1, -0.05) is 13.3 Å². The predicted octanol–water partition coefficient (Wildman–Crippen LogP) is 0.531. The van der Waals surface area contributed by atoms with Crippen LogP contribution in [0, 0.1) is 5.92 Å². The SMILES string of the molecule is CCCC(CCO)CNC(=O)c1c(N)cnn1C. The van der Waals surface area contributed by atoms with E-state index in [1.165, 1.54) is 10.9 Å². The van der Waals surface area contributed by atoms with Crippen molar-refractivity contribution in [3.05, 3.63) is 11.9 Å². The number of anilines is 1. The van der Waals surface area contributed by atoms with Crippen LogP contribution in [-0.2, 0) is 7.05 Å². The first-order chi connectivity index (χ1) is 8.60. The molecule has 0 radical (unpaired) electrons. The van der Waals surface area contributed by atoms with Gasteiger partial charge in [-0.3, -0.25) is 9.48 Å². The number of aliphatic hydroxyl groups excluding tert-OH is 1. The second kappa shape index (κ2) is 7.00. The molecule has 0 aliphatic rings. The van der Waals surface area contributed by atoms with Gasteiger partial charge < -0.3 is 16.2 Å². The molecule has 0 saturated heterocycles. The Balaban J connectivity index is 2.54. The van der Waals surface area contributed by atoms with Crippen LogP contribution in [0.15, 0.2) is 6.20 Å². The number of aliphatic hydroxyl groups is 1. The maximum Gasteiger partial charge on any atom is 0.271 e. The fourth-order valence-corrected chi connectivity index (χ4v) is 1.99. The van der Waals surface area contributed by atoms with Gasteiger partial charge in [0.25, 0.3) is 5.91 Å². The smallest absolute Gasteiger partial charge is 0.271 e. The van der Waals surface area contributed by atoms with Gasteiger partial charge in [-0.15, -0.1) is 0 Å². The van der Waals surface area contributed by atoms with Gasteiger partial charge in [-0.25, -0.2) is 0 Å². The van der Waals surface area contributed by atoms with Crippen molar-refractivity contribution in [3.8, 4) is 0 Å². The molecule has 0 spiro atoms. The second-order valence-corrected chi connectivity index (χ2v) is 4.45. The van der Waals surface area contributed by atoms with Crippen molar-refractivity contribution in [2.24, 2.45) is 13.0 Å². The van der Waals surface area contributed by atoms with Gasteiger partial charge >= 0.3 is 0 Å². The van der Waals surface area contributed by atoms with E-state index in [2.05, 4.69) is 17.3 Å². The van der Waals surface area contributed by atoms with Gasteiger partial charge in [0.2, 0.25) is 0 Å². The lowest BCUT2D eigenvalue weighted by atomic mass is 10.0. The van der Waals surface area contributed by atoms with Crippen LogP contribution in [0.3, 0.4) is 0 Å². The normalized spacial score (nSPS) is 12.4. The number of carbonyl (C=O) groups is 1. The lowest BCUT2D eigenvalue weighted by Gasteiger charge is -2.15. The third-order valence-electron chi connectivity index (χ3n) is 2.97. The van der Waals surface area contributed by atoms with Gasteiger partial charge in [-0.2, -0.15) is 5.10 Å². The van der Waals surface area contributed by atoms with Crippen molar-refractivity contribution in [1.82, 2.24) is 15.1 Å². The van der Waals surface area contributed by atoms with E-state index in [4.69, 9.17) is 10.8 Å². The average molecular weight is 254 g/mol. The molecule has 1 atom stereocenters. The summed E-state index contributed by atoms with van der Waals surface area (Å²) in [6, 6.07) is 0. The van der Waals surface area contributed by atoms with Crippen LogP contribution in [-0.4, -0.2) is 33.9 Å². The zero-order valence-electron chi connectivity index (χ0n) is 11.0. The largest absolute Gasteiger partial charge is 0.396 e. The zero-order chi connectivity index (χ0) is 13.5. The Morgan fingerprint density at radius 1 is 1.61 bits per heavy atom. The number of hydrogen-bond acceptors (Lipinski definition) is 4. The number of nitrogens with zero attached hydrogens (tertiary/aromatic N) is 2. The first-order valence-corrected chi connectivity index (χ1v) is 6.26. The number of nitrogens with one attached hydrogen (secondary N) is 1. The van der Waals surface area contributed by atoms with Gasteiger partial charge in [0.15, 0.2) is 0 Å². The van der Waals surface area contributed by atoms with E-state index in [-0.39, 0.29) is 12.5 Å². The zero-order valence-corrected chi connectivity index (χ0v) is 11.0. The van der Waals surface area contributed by atoms with E-state index < -0.39 is 0 Å². The van der Waals surface area contributed by atoms with E-state index in [1.807, 2.05) is 0 Å². The molecule has 0 saturated carbocycles. The minimum atomic E-state index is -0.216. The third kappa shape index (κ3) is 3.73. The number of aromatic nitrogens is 2. The molecule has 0 aliphatic heterocycles. The Bertz CT molecular complexity index is 364. The Morgan fingerprint density at radius 3 is 2.83 bits per heavy atom. The summed E-state index contributed by atoms with van der Waals surface area (Å²) in [7, 11) is 1.68. The Morgan fingerprint density at radius 2 is 2.33 bits per heavy atom. The summed E-state index contributed by atoms with van der Waals surface area (Å²) in [5.41, 5.74) is 6.44. The van der Waals surface area contributed by atoms with Crippen LogP contribution in [0.5, 0.6) is 0 Å². The number of aryl methyl sites for hydroxylation is 1. The first kappa shape index (κ1) is 14.5. The molecule has 1 aromatic rings. The van der Waals surface area contributed by atoms with Gasteiger partial charge in [0, 0.05) is 20.2 Å². The van der Waals surface area contributed by atoms with Crippen LogP contribution in [0.1, 0.15) is 36.7 Å². The van der Waals surface area contributed by atoms with Gasteiger partial charge in [0.05, 0.1) is 11.9 Å². The highest BCUT2D eigenvalue weighted by Crippen LogP contribution is 2.12. The molecule has 1 heterocycles. The van der Waals surface area contributed by atoms with E-state index in [0.717, 1.165) is 12.8 Å². The summed E-state index contributed by atoms with van der Waals surface area (Å²) in [5.74, 6) is 0.0879. The van der Waals surface area contributed by atoms with Crippen molar-refractivity contribution in [2.75, 3.05) is 18.9 Å². The molecule has 0 bridgehead atoms. The molecule has 0 aromatic carbocycles. The fourth-order valence-electron chi connectivity index (χ4n) is 1.99. The van der Waals surface area contributed by atoms with Gasteiger partial charge in [0.1, 0.15) is 5.69 Å². The molecule has 1 amide bonds. The Labute approximate surface area is 107 Å². The summed E-state index contributed by atoms with van der Waals surface area (Å²) in [6.45, 7) is 2.79. The number of amides is 1. The summed E-state index contributed by atoms with van der Waals surface area (Å²) in [6.07, 6.45) is 4.19. The highest BCUT2D eigenvalue weighted by Gasteiger charge is 2.16. The number of nitrogen functional groups attached to an aromatic ring is 1. The molecular weight excluding hydrogens is 232 g/mol. The van der Waals surface area contributed by atoms with Crippen molar-refractivity contribution in [2.45, 2.75) is 26.2 Å². The topological polar surface area (TPSA) is 93.2 Å². The minimum Gasteiger partial charge on any atom is -0.396 e. The maximum absolute atomic E-state index is 11.9. The molecule has 1 unspecified atom stereocenters. The quantitative estimate of drug-likeness (QED) is 0.661. The van der Waals surface area contributed by atoms with E-state index >= 15 is 0 Å². The monoisotopic (exact) mass is 254 g/mol. The van der Waals surface area contributed by atoms with Crippen molar-refractivity contribution in [1.29, 1.82) is 0 Å². The molecule has 18 heavy (non-hydrogen) atoms. The lowest BCUT2D eigenvalue weighted by Crippen LogP contribution is -2.31. The van der Waals surface area contributed by atoms with Crippen molar-refractivity contribution >= 4 is 11.6 Å². The van der Waals surface area contributed by atoms with E-state index in [0.29, 0.717) is 30.3 Å². The summed E-state index contributed by atoms with van der Waals surface area (Å²) >= 11 is 0. The molecule has 6 nitrogen and oxygen atoms in total. The molecule has 0 aliphatic carbocycles. The summed E-state index contributed by atoms with van der Waals surface area (Å²) < 4.78 is 1.46. The highest BCUT2D eigenvalue weighted by molar-refractivity contribution is 5.97. The number of carbonyl (C=O) groups excluding carboxylic acids is 1. The molecule has 0 fully saturated rings. The van der Waals surface area contributed by atoms with Crippen molar-refractivity contribution in [3.63, 3.8) is 0 Å². The summed E-state index contributed by atoms with van der Waals surface area (Å²) in [5, 5.41) is 15.7. The average Bonchev–Trinajstić information content (AvgIpc) is 2.66. The second-order valence-electron chi connectivity index (χ2n) is 4.45. The molecule has 102 valence electrons. The third-order valence-corrected chi connectivity index (χ3v) is 2.97. The van der Waals surface area contributed by atoms with Crippen LogP contribution < -0.4 is 11.1 Å². The number of rotatable bonds is 7.